The first kappa shape index (κ1) is 19.1. The lowest BCUT2D eigenvalue weighted by molar-refractivity contribution is -1.03. The van der Waals surface area contributed by atoms with Crippen LogP contribution in [0.15, 0.2) is 24.3 Å². The Kier molecular flexibility index (Phi) is 5.59. The summed E-state index contributed by atoms with van der Waals surface area (Å²) in [5.74, 6) is 0.706. The van der Waals surface area contributed by atoms with E-state index in [-0.39, 0.29) is 11.9 Å². The molecule has 3 fully saturated rings. The van der Waals surface area contributed by atoms with Crippen molar-refractivity contribution in [3.63, 3.8) is 0 Å². The van der Waals surface area contributed by atoms with Gasteiger partial charge in [0.05, 0.1) is 17.6 Å². The number of benzene rings is 1. The maximum absolute atomic E-state index is 14.9. The quantitative estimate of drug-likeness (QED) is 0.779. The minimum atomic E-state index is -0.142. The van der Waals surface area contributed by atoms with E-state index in [1.165, 1.54) is 43.4 Å². The van der Waals surface area contributed by atoms with Crippen molar-refractivity contribution >= 4 is 0 Å². The molecule has 7 heteroatoms. The van der Waals surface area contributed by atoms with E-state index in [0.717, 1.165) is 56.5 Å². The molecule has 2 heterocycles. The molecule has 0 bridgehead atoms. The molecule has 1 aromatic carbocycles. The molecule has 29 heavy (non-hydrogen) atoms. The topological polar surface area (TPSA) is 52.5 Å². The number of quaternary nitrogens is 2. The Morgan fingerprint density at radius 2 is 1.62 bits per heavy atom. The van der Waals surface area contributed by atoms with Gasteiger partial charge in [0.15, 0.2) is 6.04 Å². The lowest BCUT2D eigenvalue weighted by Gasteiger charge is -2.36. The van der Waals surface area contributed by atoms with E-state index < -0.39 is 0 Å². The van der Waals surface area contributed by atoms with Crippen LogP contribution in [0.2, 0.25) is 0 Å². The van der Waals surface area contributed by atoms with Crippen molar-refractivity contribution in [1.82, 2.24) is 20.2 Å². The van der Waals surface area contributed by atoms with Crippen LogP contribution in [0.25, 0.3) is 0 Å². The molecule has 2 N–H and O–H groups in total. The van der Waals surface area contributed by atoms with Crippen LogP contribution in [0.3, 0.4) is 0 Å². The third-order valence-electron chi connectivity index (χ3n) is 7.54. The molecule has 0 radical (unpaired) electrons. The van der Waals surface area contributed by atoms with Crippen LogP contribution in [0.5, 0.6) is 0 Å². The van der Waals surface area contributed by atoms with Crippen LogP contribution in [-0.4, -0.2) is 52.4 Å². The Balaban J connectivity index is 1.43. The standard InChI is InChI=1S/C22H31FN6/c23-20-12-6-5-11-19(20)21(22-24-25-26-29(22)18-9-3-4-10-18)28-15-13-27(14-16-28)17-7-1-2-8-17/h5-6,11-12,17-18,21H,1-4,7-10,13-16H2/p+2/t21-/m1/s1. The summed E-state index contributed by atoms with van der Waals surface area (Å²) in [5, 5.41) is 12.9. The molecule has 0 spiro atoms. The molecule has 0 unspecified atom stereocenters. The van der Waals surface area contributed by atoms with Gasteiger partial charge in [-0.3, -0.25) is 0 Å². The van der Waals surface area contributed by atoms with E-state index in [1.807, 2.05) is 16.8 Å². The SMILES string of the molecule is Fc1ccccc1[C@H](c1nnnn1C1CCCC1)[NH+]1CC[NH+](C2CCCC2)CC1. The van der Waals surface area contributed by atoms with E-state index in [0.29, 0.717) is 6.04 Å². The molecule has 1 aromatic heterocycles. The fourth-order valence-corrected chi connectivity index (χ4v) is 5.97. The monoisotopic (exact) mass is 400 g/mol. The number of nitrogens with one attached hydrogen (secondary N) is 2. The Morgan fingerprint density at radius 3 is 2.34 bits per heavy atom. The van der Waals surface area contributed by atoms with Gasteiger partial charge in [0.25, 0.3) is 0 Å². The van der Waals surface area contributed by atoms with E-state index in [9.17, 15) is 4.39 Å². The Bertz CT molecular complexity index is 803. The molecule has 3 aliphatic rings. The van der Waals surface area contributed by atoms with Crippen molar-refractivity contribution in [3.05, 3.63) is 41.5 Å². The highest BCUT2D eigenvalue weighted by molar-refractivity contribution is 5.24. The summed E-state index contributed by atoms with van der Waals surface area (Å²) in [6.07, 6.45) is 10.2. The number of piperazine rings is 1. The summed E-state index contributed by atoms with van der Waals surface area (Å²) >= 11 is 0. The zero-order chi connectivity index (χ0) is 19.6. The van der Waals surface area contributed by atoms with Gasteiger partial charge in [0, 0.05) is 0 Å². The Hall–Kier alpha value is -1.86. The van der Waals surface area contributed by atoms with Crippen LogP contribution in [0.1, 0.15) is 74.8 Å². The van der Waals surface area contributed by atoms with Crippen molar-refractivity contribution in [2.75, 3.05) is 26.2 Å². The molecule has 2 saturated carbocycles. The number of rotatable bonds is 5. The van der Waals surface area contributed by atoms with Gasteiger partial charge in [0.2, 0.25) is 5.82 Å². The predicted molar refractivity (Wildman–Crippen MR) is 107 cm³/mol. The lowest BCUT2D eigenvalue weighted by Crippen LogP contribution is -3.29. The van der Waals surface area contributed by atoms with Gasteiger partial charge in [-0.1, -0.05) is 25.0 Å². The molecule has 156 valence electrons. The number of hydrogen-bond acceptors (Lipinski definition) is 3. The highest BCUT2D eigenvalue weighted by Gasteiger charge is 2.40. The van der Waals surface area contributed by atoms with Gasteiger partial charge >= 0.3 is 0 Å². The van der Waals surface area contributed by atoms with Gasteiger partial charge in [-0.15, -0.1) is 5.10 Å². The van der Waals surface area contributed by atoms with E-state index >= 15 is 0 Å². The highest BCUT2D eigenvalue weighted by Crippen LogP contribution is 2.31. The number of tetrazole rings is 1. The minimum absolute atomic E-state index is 0.128. The summed E-state index contributed by atoms with van der Waals surface area (Å²) in [6.45, 7) is 4.41. The molecular formula is C22H33FN6+2. The van der Waals surface area contributed by atoms with Crippen molar-refractivity contribution < 1.29 is 14.2 Å². The first-order valence-corrected chi connectivity index (χ1v) is 11.5. The summed E-state index contributed by atoms with van der Waals surface area (Å²) in [6, 6.07) is 8.29. The normalized spacial score (nSPS) is 27.5. The van der Waals surface area contributed by atoms with Crippen molar-refractivity contribution in [2.24, 2.45) is 0 Å². The fourth-order valence-electron chi connectivity index (χ4n) is 5.97. The van der Waals surface area contributed by atoms with Crippen LogP contribution >= 0.6 is 0 Å². The molecule has 2 aromatic rings. The average Bonchev–Trinajstić information content (AvgIpc) is 3.52. The van der Waals surface area contributed by atoms with E-state index in [1.54, 1.807) is 17.0 Å². The second-order valence-electron chi connectivity index (χ2n) is 9.17. The molecule has 5 rings (SSSR count). The third kappa shape index (κ3) is 3.82. The number of aromatic nitrogens is 4. The average molecular weight is 401 g/mol. The predicted octanol–water partition coefficient (Wildman–Crippen LogP) is 0.743. The van der Waals surface area contributed by atoms with E-state index in [4.69, 9.17) is 0 Å². The summed E-state index contributed by atoms with van der Waals surface area (Å²) in [5.41, 5.74) is 0.737. The molecule has 2 aliphatic carbocycles. The largest absolute Gasteiger partial charge is 0.323 e. The zero-order valence-electron chi connectivity index (χ0n) is 17.2. The van der Waals surface area contributed by atoms with Gasteiger partial charge in [-0.2, -0.15) is 0 Å². The fraction of sp³-hybridized carbons (Fsp3) is 0.682. The maximum Gasteiger partial charge on any atom is 0.214 e. The van der Waals surface area contributed by atoms with Crippen LogP contribution in [-0.2, 0) is 0 Å². The second-order valence-corrected chi connectivity index (χ2v) is 9.17. The van der Waals surface area contributed by atoms with Crippen molar-refractivity contribution in [3.8, 4) is 0 Å². The first-order valence-electron chi connectivity index (χ1n) is 11.5. The smallest absolute Gasteiger partial charge is 0.214 e. The maximum atomic E-state index is 14.9. The van der Waals surface area contributed by atoms with Crippen LogP contribution in [0, 0.1) is 5.82 Å². The van der Waals surface area contributed by atoms with Gasteiger partial charge in [-0.25, -0.2) is 9.07 Å². The first-order chi connectivity index (χ1) is 14.3. The van der Waals surface area contributed by atoms with Gasteiger partial charge < -0.3 is 9.80 Å². The molecule has 0 amide bonds. The van der Waals surface area contributed by atoms with Crippen LogP contribution in [0.4, 0.5) is 4.39 Å². The van der Waals surface area contributed by atoms with E-state index in [2.05, 4.69) is 15.5 Å². The molecule has 6 nitrogen and oxygen atoms in total. The number of halogens is 1. The molecular weight excluding hydrogens is 367 g/mol. The van der Waals surface area contributed by atoms with Gasteiger partial charge in [-0.05, 0) is 61.1 Å². The third-order valence-corrected chi connectivity index (χ3v) is 7.54. The summed E-state index contributed by atoms with van der Waals surface area (Å²) in [4.78, 5) is 3.17. The van der Waals surface area contributed by atoms with Crippen LogP contribution < -0.4 is 9.80 Å². The lowest BCUT2D eigenvalue weighted by atomic mass is 10.0. The Labute approximate surface area is 172 Å². The van der Waals surface area contributed by atoms with Crippen molar-refractivity contribution in [1.29, 1.82) is 0 Å². The second kappa shape index (κ2) is 8.48. The summed E-state index contributed by atoms with van der Waals surface area (Å²) in [7, 11) is 0. The molecule has 1 atom stereocenters. The highest BCUT2D eigenvalue weighted by atomic mass is 19.1. The zero-order valence-corrected chi connectivity index (χ0v) is 17.2. The van der Waals surface area contributed by atoms with Gasteiger partial charge in [0.1, 0.15) is 32.0 Å². The number of hydrogen-bond donors (Lipinski definition) is 2. The van der Waals surface area contributed by atoms with Crippen molar-refractivity contribution in [2.45, 2.75) is 69.5 Å². The Morgan fingerprint density at radius 1 is 0.931 bits per heavy atom. The minimum Gasteiger partial charge on any atom is -0.323 e. The molecule has 1 aliphatic heterocycles. The molecule has 1 saturated heterocycles. The summed E-state index contributed by atoms with van der Waals surface area (Å²) < 4.78 is 16.9. The number of nitrogens with zero attached hydrogens (tertiary/aromatic N) is 4.